The fraction of sp³-hybridized carbons (Fsp3) is 0.300. The van der Waals surface area contributed by atoms with E-state index in [0.29, 0.717) is 28.0 Å². The molecular formula is C20H21BrO5. The molecule has 0 saturated heterocycles. The number of ether oxygens (including phenoxy) is 3. The average molecular weight is 421 g/mol. The molecule has 2 aromatic carbocycles. The van der Waals surface area contributed by atoms with Gasteiger partial charge in [0.15, 0.2) is 0 Å². The van der Waals surface area contributed by atoms with Gasteiger partial charge in [0.2, 0.25) is 0 Å². The molecule has 138 valence electrons. The predicted octanol–water partition coefficient (Wildman–Crippen LogP) is 5.02. The van der Waals surface area contributed by atoms with Crippen LogP contribution in [0, 0.1) is 0 Å². The second kappa shape index (κ2) is 9.97. The van der Waals surface area contributed by atoms with Crippen molar-refractivity contribution in [3.63, 3.8) is 0 Å². The van der Waals surface area contributed by atoms with E-state index in [0.717, 1.165) is 12.8 Å². The lowest BCUT2D eigenvalue weighted by molar-refractivity contribution is 0.0524. The van der Waals surface area contributed by atoms with Crippen LogP contribution in [0.4, 0.5) is 0 Å². The molecule has 5 nitrogen and oxygen atoms in total. The molecule has 0 aliphatic carbocycles. The minimum Gasteiger partial charge on any atom is -0.492 e. The molecule has 0 N–H and O–H groups in total. The van der Waals surface area contributed by atoms with Crippen LogP contribution in [0.15, 0.2) is 46.9 Å². The maximum Gasteiger partial charge on any atom is 0.343 e. The van der Waals surface area contributed by atoms with Crippen molar-refractivity contribution in [1.29, 1.82) is 0 Å². The maximum atomic E-state index is 12.3. The minimum absolute atomic E-state index is 0.278. The first-order valence-electron chi connectivity index (χ1n) is 8.46. The van der Waals surface area contributed by atoms with Gasteiger partial charge in [-0.15, -0.1) is 0 Å². The Hall–Kier alpha value is -2.34. The highest BCUT2D eigenvalue weighted by molar-refractivity contribution is 9.10. The first-order valence-corrected chi connectivity index (χ1v) is 9.26. The highest BCUT2D eigenvalue weighted by atomic mass is 79.9. The Bertz CT molecular complexity index is 773. The van der Waals surface area contributed by atoms with E-state index < -0.39 is 11.9 Å². The van der Waals surface area contributed by atoms with E-state index in [1.54, 1.807) is 43.3 Å². The smallest absolute Gasteiger partial charge is 0.343 e. The average Bonchev–Trinajstić information content (AvgIpc) is 2.63. The van der Waals surface area contributed by atoms with Crippen LogP contribution in [-0.2, 0) is 4.74 Å². The Kier molecular flexibility index (Phi) is 7.66. The number of esters is 2. The van der Waals surface area contributed by atoms with Crippen LogP contribution >= 0.6 is 15.9 Å². The van der Waals surface area contributed by atoms with Gasteiger partial charge in [-0.2, -0.15) is 0 Å². The molecule has 0 bridgehead atoms. The van der Waals surface area contributed by atoms with E-state index in [2.05, 4.69) is 22.9 Å². The molecule has 0 unspecified atom stereocenters. The van der Waals surface area contributed by atoms with E-state index in [9.17, 15) is 9.59 Å². The first-order chi connectivity index (χ1) is 12.5. The number of unbranched alkanes of at least 4 members (excludes halogenated alkanes) is 1. The molecule has 0 amide bonds. The molecule has 0 spiro atoms. The number of halogens is 1. The summed E-state index contributed by atoms with van der Waals surface area (Å²) in [6.45, 7) is 4.73. The Labute approximate surface area is 161 Å². The summed E-state index contributed by atoms with van der Waals surface area (Å²) in [6.07, 6.45) is 2.01. The molecule has 0 aromatic heterocycles. The van der Waals surface area contributed by atoms with Crippen LogP contribution < -0.4 is 9.47 Å². The summed E-state index contributed by atoms with van der Waals surface area (Å²) in [5.74, 6) is -0.0206. The maximum absolute atomic E-state index is 12.3. The van der Waals surface area contributed by atoms with Gasteiger partial charge in [-0.05, 0) is 65.7 Å². The summed E-state index contributed by atoms with van der Waals surface area (Å²) in [7, 11) is 0. The van der Waals surface area contributed by atoms with E-state index in [-0.39, 0.29) is 12.4 Å². The molecule has 0 heterocycles. The van der Waals surface area contributed by atoms with Gasteiger partial charge in [-0.3, -0.25) is 0 Å². The fourth-order valence-electron chi connectivity index (χ4n) is 2.14. The van der Waals surface area contributed by atoms with Crippen LogP contribution in [0.3, 0.4) is 0 Å². The van der Waals surface area contributed by atoms with Gasteiger partial charge < -0.3 is 14.2 Å². The van der Waals surface area contributed by atoms with E-state index >= 15 is 0 Å². The highest BCUT2D eigenvalue weighted by Gasteiger charge is 2.13. The van der Waals surface area contributed by atoms with Crippen molar-refractivity contribution in [2.45, 2.75) is 26.7 Å². The number of benzene rings is 2. The lowest BCUT2D eigenvalue weighted by atomic mass is 10.2. The van der Waals surface area contributed by atoms with E-state index in [1.807, 2.05) is 0 Å². The van der Waals surface area contributed by atoms with Crippen molar-refractivity contribution in [3.8, 4) is 11.5 Å². The SMILES string of the molecule is CCCCOc1ccc(C(=O)Oc2cccc(C(=O)OCC)c2)cc1Br. The molecule has 0 radical (unpaired) electrons. The third-order valence-corrected chi connectivity index (χ3v) is 4.10. The zero-order chi connectivity index (χ0) is 18.9. The van der Waals surface area contributed by atoms with E-state index in [1.165, 1.54) is 6.07 Å². The van der Waals surface area contributed by atoms with Gasteiger partial charge in [-0.1, -0.05) is 19.4 Å². The molecule has 0 aliphatic heterocycles. The minimum atomic E-state index is -0.521. The largest absolute Gasteiger partial charge is 0.492 e. The summed E-state index contributed by atoms with van der Waals surface area (Å²) in [4.78, 5) is 24.1. The Morgan fingerprint density at radius 1 is 1.00 bits per heavy atom. The molecule has 2 rings (SSSR count). The summed E-state index contributed by atoms with van der Waals surface area (Å²) in [6, 6.07) is 11.3. The predicted molar refractivity (Wildman–Crippen MR) is 102 cm³/mol. The standard InChI is InChI=1S/C20H21BrO5/c1-3-5-11-25-18-10-9-15(13-17(18)21)20(23)26-16-8-6-7-14(12-16)19(22)24-4-2/h6-10,12-13H,3-5,11H2,1-2H3. The zero-order valence-electron chi connectivity index (χ0n) is 14.8. The number of carbonyl (C=O) groups is 2. The molecule has 0 saturated carbocycles. The van der Waals surface area contributed by atoms with Gasteiger partial charge in [-0.25, -0.2) is 9.59 Å². The molecule has 0 aliphatic rings. The molecule has 2 aromatic rings. The van der Waals surface area contributed by atoms with Gasteiger partial charge in [0.05, 0.1) is 28.8 Å². The van der Waals surface area contributed by atoms with Crippen LogP contribution in [0.2, 0.25) is 0 Å². The van der Waals surface area contributed by atoms with Crippen molar-refractivity contribution in [2.75, 3.05) is 13.2 Å². The fourth-order valence-corrected chi connectivity index (χ4v) is 2.63. The van der Waals surface area contributed by atoms with Crippen molar-refractivity contribution in [2.24, 2.45) is 0 Å². The van der Waals surface area contributed by atoms with Crippen LogP contribution in [0.1, 0.15) is 47.4 Å². The van der Waals surface area contributed by atoms with Crippen molar-refractivity contribution in [1.82, 2.24) is 0 Å². The van der Waals surface area contributed by atoms with Crippen LogP contribution in [0.5, 0.6) is 11.5 Å². The summed E-state index contributed by atoms with van der Waals surface area (Å²) >= 11 is 3.41. The second-order valence-electron chi connectivity index (χ2n) is 5.49. The third-order valence-electron chi connectivity index (χ3n) is 3.48. The summed E-state index contributed by atoms with van der Waals surface area (Å²) in [5.41, 5.74) is 0.708. The normalized spacial score (nSPS) is 10.3. The van der Waals surface area contributed by atoms with Gasteiger partial charge >= 0.3 is 11.9 Å². The molecule has 26 heavy (non-hydrogen) atoms. The van der Waals surface area contributed by atoms with Crippen LogP contribution in [0.25, 0.3) is 0 Å². The first kappa shape index (κ1) is 20.0. The van der Waals surface area contributed by atoms with Gasteiger partial charge in [0.1, 0.15) is 11.5 Å². The number of hydrogen-bond donors (Lipinski definition) is 0. The topological polar surface area (TPSA) is 61.8 Å². The zero-order valence-corrected chi connectivity index (χ0v) is 16.4. The van der Waals surface area contributed by atoms with Crippen molar-refractivity contribution >= 4 is 27.9 Å². The summed E-state index contributed by atoms with van der Waals surface area (Å²) in [5, 5.41) is 0. The third kappa shape index (κ3) is 5.59. The van der Waals surface area contributed by atoms with Gasteiger partial charge in [0.25, 0.3) is 0 Å². The van der Waals surface area contributed by atoms with Crippen molar-refractivity contribution < 1.29 is 23.8 Å². The second-order valence-corrected chi connectivity index (χ2v) is 6.34. The lowest BCUT2D eigenvalue weighted by Crippen LogP contribution is -2.10. The lowest BCUT2D eigenvalue weighted by Gasteiger charge is -2.10. The Balaban J connectivity index is 2.07. The number of hydrogen-bond acceptors (Lipinski definition) is 5. The highest BCUT2D eigenvalue weighted by Crippen LogP contribution is 2.27. The molecule has 0 atom stereocenters. The quantitative estimate of drug-likeness (QED) is 0.340. The van der Waals surface area contributed by atoms with E-state index in [4.69, 9.17) is 14.2 Å². The number of rotatable bonds is 8. The van der Waals surface area contributed by atoms with Gasteiger partial charge in [0, 0.05) is 0 Å². The Morgan fingerprint density at radius 2 is 1.77 bits per heavy atom. The monoisotopic (exact) mass is 420 g/mol. The van der Waals surface area contributed by atoms with Crippen LogP contribution in [-0.4, -0.2) is 25.2 Å². The summed E-state index contributed by atoms with van der Waals surface area (Å²) < 4.78 is 16.6. The molecule has 6 heteroatoms. The Morgan fingerprint density at radius 3 is 2.46 bits per heavy atom. The van der Waals surface area contributed by atoms with Crippen molar-refractivity contribution in [3.05, 3.63) is 58.1 Å². The number of carbonyl (C=O) groups excluding carboxylic acids is 2. The molecular weight excluding hydrogens is 400 g/mol. The molecule has 0 fully saturated rings.